The van der Waals surface area contributed by atoms with Crippen LogP contribution in [0.5, 0.6) is 0 Å². The summed E-state index contributed by atoms with van der Waals surface area (Å²) in [5, 5.41) is 2.51. The zero-order chi connectivity index (χ0) is 11.7. The number of alkyl halides is 1. The van der Waals surface area contributed by atoms with Crippen molar-refractivity contribution in [2.24, 2.45) is 0 Å². The number of benzene rings is 1. The van der Waals surface area contributed by atoms with E-state index >= 15 is 0 Å². The summed E-state index contributed by atoms with van der Waals surface area (Å²) in [5.74, 6) is -2.89. The highest BCUT2D eigenvalue weighted by Crippen LogP contribution is 2.33. The lowest BCUT2D eigenvalue weighted by Gasteiger charge is -2.10. The quantitative estimate of drug-likeness (QED) is 0.700. The van der Waals surface area contributed by atoms with Crippen LogP contribution in [0.3, 0.4) is 0 Å². The number of hydrogen-bond acceptors (Lipinski definition) is 1. The highest BCUT2D eigenvalue weighted by Gasteiger charge is 2.21. The van der Waals surface area contributed by atoms with E-state index in [0.29, 0.717) is 17.7 Å². The zero-order valence-electron chi connectivity index (χ0n) is 7.88. The molecule has 0 radical (unpaired) electrons. The minimum Gasteiger partial charge on any atom is -0.207 e. The number of halogens is 4. The molecule has 1 unspecified atom stereocenters. The van der Waals surface area contributed by atoms with Crippen molar-refractivity contribution in [3.05, 3.63) is 57.5 Å². The molecule has 0 aliphatic heterocycles. The van der Waals surface area contributed by atoms with Crippen LogP contribution in [-0.4, -0.2) is 0 Å². The zero-order valence-corrected chi connectivity index (χ0v) is 9.46. The van der Waals surface area contributed by atoms with E-state index in [-0.39, 0.29) is 5.56 Å². The minimum atomic E-state index is -0.969. The molecule has 84 valence electrons. The maximum absolute atomic E-state index is 13.4. The molecule has 1 atom stereocenters. The molecule has 2 rings (SSSR count). The van der Waals surface area contributed by atoms with Gasteiger partial charge < -0.3 is 0 Å². The molecule has 0 saturated heterocycles. The van der Waals surface area contributed by atoms with E-state index in [1.165, 1.54) is 11.3 Å². The maximum atomic E-state index is 13.4. The van der Waals surface area contributed by atoms with E-state index in [0.717, 1.165) is 0 Å². The van der Waals surface area contributed by atoms with Gasteiger partial charge in [-0.15, -0.1) is 11.6 Å². The van der Waals surface area contributed by atoms with Crippen molar-refractivity contribution in [3.63, 3.8) is 0 Å². The standard InChI is InChI=1S/C11H6ClF3S/c12-11(6-1-2-16-5-6)10-8(14)3-7(13)4-9(10)15/h1-5,11H. The van der Waals surface area contributed by atoms with Gasteiger partial charge in [0.15, 0.2) is 0 Å². The van der Waals surface area contributed by atoms with Crippen molar-refractivity contribution in [2.75, 3.05) is 0 Å². The summed E-state index contributed by atoms with van der Waals surface area (Å²) in [5.41, 5.74) is 0.276. The van der Waals surface area contributed by atoms with Crippen molar-refractivity contribution in [2.45, 2.75) is 5.38 Å². The first-order chi connectivity index (χ1) is 7.59. The first-order valence-corrected chi connectivity index (χ1v) is 5.78. The number of thiophene rings is 1. The van der Waals surface area contributed by atoms with Gasteiger partial charge in [0.25, 0.3) is 0 Å². The van der Waals surface area contributed by atoms with Gasteiger partial charge in [0.1, 0.15) is 17.5 Å². The molecule has 0 aliphatic rings. The molecule has 0 saturated carbocycles. The second kappa shape index (κ2) is 4.47. The molecular formula is C11H6ClF3S. The Morgan fingerprint density at radius 1 is 1.12 bits per heavy atom. The topological polar surface area (TPSA) is 0 Å². The Morgan fingerprint density at radius 3 is 2.25 bits per heavy atom. The van der Waals surface area contributed by atoms with Crippen molar-refractivity contribution in [1.82, 2.24) is 0 Å². The third-order valence-corrected chi connectivity index (χ3v) is 3.30. The molecule has 5 heteroatoms. The van der Waals surface area contributed by atoms with E-state index in [2.05, 4.69) is 0 Å². The van der Waals surface area contributed by atoms with Crippen LogP contribution in [0.2, 0.25) is 0 Å². The van der Waals surface area contributed by atoms with Crippen LogP contribution in [0, 0.1) is 17.5 Å². The molecule has 0 fully saturated rings. The summed E-state index contributed by atoms with van der Waals surface area (Å²) >= 11 is 7.31. The van der Waals surface area contributed by atoms with Crippen LogP contribution >= 0.6 is 22.9 Å². The van der Waals surface area contributed by atoms with Crippen LogP contribution < -0.4 is 0 Å². The van der Waals surface area contributed by atoms with Crippen LogP contribution in [0.1, 0.15) is 16.5 Å². The Bertz CT molecular complexity index is 473. The minimum absolute atomic E-state index is 0.318. The monoisotopic (exact) mass is 262 g/mol. The fourth-order valence-electron chi connectivity index (χ4n) is 1.38. The highest BCUT2D eigenvalue weighted by molar-refractivity contribution is 7.08. The summed E-state index contributed by atoms with van der Waals surface area (Å²) in [4.78, 5) is 0. The summed E-state index contributed by atoms with van der Waals surface area (Å²) in [6.07, 6.45) is 0. The molecule has 0 bridgehead atoms. The Kier molecular flexibility index (Phi) is 3.21. The summed E-state index contributed by atoms with van der Waals surface area (Å²) in [6, 6.07) is 2.92. The number of hydrogen-bond donors (Lipinski definition) is 0. The molecule has 16 heavy (non-hydrogen) atoms. The van der Waals surface area contributed by atoms with Crippen molar-refractivity contribution < 1.29 is 13.2 Å². The Morgan fingerprint density at radius 2 is 1.75 bits per heavy atom. The SMILES string of the molecule is Fc1cc(F)c(C(Cl)c2ccsc2)c(F)c1. The average Bonchev–Trinajstić information content (AvgIpc) is 2.67. The molecule has 1 aromatic carbocycles. The molecule has 0 aliphatic carbocycles. The van der Waals surface area contributed by atoms with Crippen molar-refractivity contribution in [3.8, 4) is 0 Å². The fourth-order valence-corrected chi connectivity index (χ4v) is 2.49. The lowest BCUT2D eigenvalue weighted by atomic mass is 10.1. The first kappa shape index (κ1) is 11.5. The van der Waals surface area contributed by atoms with Crippen LogP contribution in [0.4, 0.5) is 13.2 Å². The maximum Gasteiger partial charge on any atom is 0.134 e. The van der Waals surface area contributed by atoms with Gasteiger partial charge in [0.2, 0.25) is 0 Å². The molecule has 1 aromatic heterocycles. The fraction of sp³-hybridized carbons (Fsp3) is 0.0909. The smallest absolute Gasteiger partial charge is 0.134 e. The second-order valence-electron chi connectivity index (χ2n) is 3.20. The summed E-state index contributed by atoms with van der Waals surface area (Å²) in [6.45, 7) is 0. The van der Waals surface area contributed by atoms with E-state index in [9.17, 15) is 13.2 Å². The van der Waals surface area contributed by atoms with Crippen LogP contribution in [-0.2, 0) is 0 Å². The summed E-state index contributed by atoms with van der Waals surface area (Å²) < 4.78 is 39.5. The van der Waals surface area contributed by atoms with Gasteiger partial charge in [-0.2, -0.15) is 11.3 Å². The molecule has 0 N–H and O–H groups in total. The van der Waals surface area contributed by atoms with Crippen LogP contribution in [0.15, 0.2) is 29.0 Å². The van der Waals surface area contributed by atoms with Gasteiger partial charge in [-0.1, -0.05) is 0 Å². The second-order valence-corrected chi connectivity index (χ2v) is 4.42. The molecule has 2 aromatic rings. The third kappa shape index (κ3) is 2.08. The van der Waals surface area contributed by atoms with E-state index in [4.69, 9.17) is 11.6 Å². The van der Waals surface area contributed by atoms with Crippen molar-refractivity contribution in [1.29, 1.82) is 0 Å². The van der Waals surface area contributed by atoms with Gasteiger partial charge in [0.05, 0.1) is 5.38 Å². The Labute approximate surface area is 99.3 Å². The van der Waals surface area contributed by atoms with Gasteiger partial charge in [-0.3, -0.25) is 0 Å². The van der Waals surface area contributed by atoms with E-state index in [1.807, 2.05) is 0 Å². The van der Waals surface area contributed by atoms with Gasteiger partial charge in [-0.05, 0) is 22.4 Å². The average molecular weight is 263 g/mol. The van der Waals surface area contributed by atoms with Crippen LogP contribution in [0.25, 0.3) is 0 Å². The normalized spacial score (nSPS) is 12.8. The molecule has 0 nitrogen and oxygen atoms in total. The molecule has 0 amide bonds. The Balaban J connectivity index is 2.48. The lowest BCUT2D eigenvalue weighted by Crippen LogP contribution is -2.01. The van der Waals surface area contributed by atoms with Crippen molar-refractivity contribution >= 4 is 22.9 Å². The number of rotatable bonds is 2. The molecular weight excluding hydrogens is 257 g/mol. The van der Waals surface area contributed by atoms with Gasteiger partial charge >= 0.3 is 0 Å². The lowest BCUT2D eigenvalue weighted by molar-refractivity contribution is 0.526. The van der Waals surface area contributed by atoms with E-state index < -0.39 is 22.8 Å². The Hall–Kier alpha value is -1.00. The molecule has 0 spiro atoms. The van der Waals surface area contributed by atoms with Gasteiger partial charge in [0, 0.05) is 17.7 Å². The third-order valence-electron chi connectivity index (χ3n) is 2.13. The first-order valence-electron chi connectivity index (χ1n) is 4.40. The summed E-state index contributed by atoms with van der Waals surface area (Å²) in [7, 11) is 0. The van der Waals surface area contributed by atoms with Gasteiger partial charge in [-0.25, -0.2) is 13.2 Å². The van der Waals surface area contributed by atoms with E-state index in [1.54, 1.807) is 16.8 Å². The molecule has 1 heterocycles. The predicted octanol–water partition coefficient (Wildman–Crippen LogP) is 4.49. The predicted molar refractivity (Wildman–Crippen MR) is 58.3 cm³/mol. The largest absolute Gasteiger partial charge is 0.207 e. The highest BCUT2D eigenvalue weighted by atomic mass is 35.5.